The molecule has 17 nitrogen and oxygen atoms in total. The van der Waals surface area contributed by atoms with Crippen molar-refractivity contribution in [2.24, 2.45) is 11.8 Å². The number of aryl methyl sites for hydroxylation is 3. The Hall–Kier alpha value is -11.8. The highest BCUT2D eigenvalue weighted by Gasteiger charge is 2.24. The fraction of sp³-hybridized carbons (Fsp3) is 0.250. The Bertz CT molecular complexity index is 5490. The number of benzene rings is 4. The van der Waals surface area contributed by atoms with E-state index >= 15 is 0 Å². The minimum Gasteiger partial charge on any atom is -0.380 e. The fourth-order valence-corrected chi connectivity index (χ4v) is 12.4. The molecule has 0 aliphatic carbocycles. The summed E-state index contributed by atoms with van der Waals surface area (Å²) in [5.41, 5.74) is 9.30. The van der Waals surface area contributed by atoms with E-state index < -0.39 is 0 Å². The van der Waals surface area contributed by atoms with Crippen LogP contribution in [0.3, 0.4) is 0 Å². The summed E-state index contributed by atoms with van der Waals surface area (Å²) in [6.45, 7) is 8.56. The van der Waals surface area contributed by atoms with Crippen molar-refractivity contribution in [2.75, 3.05) is 7.11 Å². The van der Waals surface area contributed by atoms with Crippen LogP contribution in [0.15, 0.2) is 190 Å². The largest absolute Gasteiger partial charge is 0.380 e. The van der Waals surface area contributed by atoms with Gasteiger partial charge in [-0.3, -0.25) is 37.4 Å². The molecule has 97 heavy (non-hydrogen) atoms. The average molecular weight is 1280 g/mol. The van der Waals surface area contributed by atoms with Gasteiger partial charge in [0.1, 0.15) is 46.1 Å². The fourth-order valence-electron chi connectivity index (χ4n) is 12.4. The maximum atomic E-state index is 12.8. The predicted molar refractivity (Wildman–Crippen MR) is 377 cm³/mol. The third-order valence-electron chi connectivity index (χ3n) is 17.7. The van der Waals surface area contributed by atoms with E-state index in [1.54, 1.807) is 42.5 Å². The third-order valence-corrected chi connectivity index (χ3v) is 17.7. The summed E-state index contributed by atoms with van der Waals surface area (Å²) in [6, 6.07) is 45.1. The Morgan fingerprint density at radius 2 is 0.794 bits per heavy atom. The van der Waals surface area contributed by atoms with Crippen molar-refractivity contribution >= 4 is 43.6 Å². The number of rotatable bonds is 1. The number of aromatic nitrogens is 12. The van der Waals surface area contributed by atoms with Gasteiger partial charge in [0.15, 0.2) is 0 Å². The summed E-state index contributed by atoms with van der Waals surface area (Å²) in [5.74, 6) is 29.1. The van der Waals surface area contributed by atoms with E-state index in [0.717, 1.165) is 150 Å². The van der Waals surface area contributed by atoms with Gasteiger partial charge in [-0.25, -0.2) is 39.9 Å². The molecule has 0 saturated carbocycles. The molecule has 0 N–H and O–H groups in total. The molecule has 4 aliphatic heterocycles. The molecule has 0 saturated heterocycles. The van der Waals surface area contributed by atoms with Crippen LogP contribution in [0, 0.1) is 59.2 Å². The summed E-state index contributed by atoms with van der Waals surface area (Å²) in [5, 5.41) is 2.60. The van der Waals surface area contributed by atoms with Crippen molar-refractivity contribution < 1.29 is 4.74 Å². The molecular formula is C80H68N12O5. The number of ether oxygens (including phenoxy) is 1. The Morgan fingerprint density at radius 1 is 0.392 bits per heavy atom. The van der Waals surface area contributed by atoms with Crippen LogP contribution in [-0.2, 0) is 50.1 Å². The molecule has 12 heterocycles. The molecule has 0 fully saturated rings. The molecule has 0 spiro atoms. The normalized spacial score (nSPS) is 16.2. The minimum absolute atomic E-state index is 0.00835. The van der Waals surface area contributed by atoms with E-state index in [-0.39, 0.29) is 34.4 Å². The number of hydrogen-bond donors (Lipinski definition) is 0. The van der Waals surface area contributed by atoms with Crippen LogP contribution in [0.25, 0.3) is 43.6 Å². The zero-order chi connectivity index (χ0) is 66.8. The molecule has 16 rings (SSSR count). The predicted octanol–water partition coefficient (Wildman–Crippen LogP) is 10.8. The van der Waals surface area contributed by atoms with Gasteiger partial charge >= 0.3 is 0 Å². The van der Waals surface area contributed by atoms with Crippen LogP contribution in [0.4, 0.5) is 0 Å². The molecule has 17 heteroatoms. The highest BCUT2D eigenvalue weighted by atomic mass is 16.5. The lowest BCUT2D eigenvalue weighted by atomic mass is 9.99. The monoisotopic (exact) mass is 1280 g/mol. The minimum atomic E-state index is -0.00835. The van der Waals surface area contributed by atoms with E-state index in [4.69, 9.17) is 19.7 Å². The van der Waals surface area contributed by atoms with Crippen molar-refractivity contribution in [3.8, 4) is 47.4 Å². The maximum absolute atomic E-state index is 12.8. The highest BCUT2D eigenvalue weighted by Crippen LogP contribution is 2.25. The highest BCUT2D eigenvalue weighted by molar-refractivity contribution is 5.82. The van der Waals surface area contributed by atoms with Crippen molar-refractivity contribution in [3.63, 3.8) is 0 Å². The van der Waals surface area contributed by atoms with Crippen LogP contribution >= 0.6 is 0 Å². The Balaban J connectivity index is 0.000000117. The number of pyridine rings is 4. The van der Waals surface area contributed by atoms with Crippen LogP contribution < -0.4 is 22.2 Å². The van der Waals surface area contributed by atoms with E-state index in [9.17, 15) is 19.2 Å². The summed E-state index contributed by atoms with van der Waals surface area (Å²) in [6.07, 6.45) is 15.4. The maximum Gasteiger partial charge on any atom is 0.261 e. The molecule has 4 aromatic carbocycles. The van der Waals surface area contributed by atoms with E-state index in [1.807, 2.05) is 153 Å². The number of hydrogen-bond acceptors (Lipinski definition) is 13. The Labute approximate surface area is 560 Å². The molecular weight excluding hydrogens is 1210 g/mol. The first-order valence-electron chi connectivity index (χ1n) is 32.8. The van der Waals surface area contributed by atoms with Gasteiger partial charge in [0, 0.05) is 99.0 Å². The van der Waals surface area contributed by atoms with E-state index in [2.05, 4.69) is 93.1 Å². The molecule has 4 atom stereocenters. The van der Waals surface area contributed by atoms with Gasteiger partial charge in [-0.1, -0.05) is 61.8 Å². The molecule has 0 radical (unpaired) electrons. The molecule has 8 aromatic heterocycles. The summed E-state index contributed by atoms with van der Waals surface area (Å²) in [7, 11) is 1.68. The third kappa shape index (κ3) is 14.9. The summed E-state index contributed by atoms with van der Waals surface area (Å²) >= 11 is 0. The van der Waals surface area contributed by atoms with Crippen molar-refractivity contribution in [2.45, 2.75) is 110 Å². The summed E-state index contributed by atoms with van der Waals surface area (Å²) < 4.78 is 12.6. The van der Waals surface area contributed by atoms with Crippen LogP contribution in [0.1, 0.15) is 127 Å². The van der Waals surface area contributed by atoms with Crippen LogP contribution in [0.2, 0.25) is 0 Å². The van der Waals surface area contributed by atoms with E-state index in [1.165, 1.54) is 0 Å². The van der Waals surface area contributed by atoms with Gasteiger partial charge in [-0.05, 0) is 196 Å². The molecule has 12 aromatic rings. The molecule has 4 unspecified atom stereocenters. The van der Waals surface area contributed by atoms with Gasteiger partial charge in [-0.2, -0.15) is 0 Å². The second-order valence-corrected chi connectivity index (χ2v) is 24.7. The van der Waals surface area contributed by atoms with Gasteiger partial charge < -0.3 is 4.74 Å². The smallest absolute Gasteiger partial charge is 0.261 e. The van der Waals surface area contributed by atoms with Gasteiger partial charge in [0.05, 0.1) is 56.3 Å². The summed E-state index contributed by atoms with van der Waals surface area (Å²) in [4.78, 5) is 86.4. The Kier molecular flexibility index (Phi) is 19.3. The number of nitrogens with zero attached hydrogens (tertiary/aromatic N) is 12. The van der Waals surface area contributed by atoms with Gasteiger partial charge in [0.25, 0.3) is 22.2 Å². The lowest BCUT2D eigenvalue weighted by molar-refractivity contribution is 0.0689. The van der Waals surface area contributed by atoms with Gasteiger partial charge in [-0.15, -0.1) is 0 Å². The second kappa shape index (κ2) is 29.3. The lowest BCUT2D eigenvalue weighted by Gasteiger charge is -2.24. The van der Waals surface area contributed by atoms with E-state index in [0.29, 0.717) is 51.1 Å². The zero-order valence-electron chi connectivity index (χ0n) is 54.4. The first kappa shape index (κ1) is 64.0. The first-order valence-corrected chi connectivity index (χ1v) is 32.8. The quantitative estimate of drug-likeness (QED) is 0.141. The number of fused-ring (bicyclic) bond motifs is 8. The molecule has 4 aliphatic rings. The molecule has 478 valence electrons. The standard InChI is InChI=1S/C20H17N3O2.3C20H17N3O/c1-25-16-8-10-19-22-18-12-14(5-7-15-4-2-3-11-21-15)6-9-17(18)20(24)23(19)13-16;1-14-5-4-7-19-22-18-13-15(8-10-16-6-2-3-12-21-16)9-11-17(18)20(24)23(14)19;1-14-5-10-19-22-18-12-15(6-8-16-4-2-3-11-21-16)7-9-17(18)20(24)23(19)13-14;1-14-9-11-23-19(12-14)22-18-13-15(6-8-17(18)20(23)24)5-7-16-4-2-3-10-21-16/h2-4,6,9,11-12,16H,8,10,13H2,1H3;2-3,6,9,11-14H,4-5,7H2,1H3;2-4,7,9,11-12,14H,5,10,13H2,1H3;2-4,6,8,10,13-14H,9,11-12H2,1H3. The molecule has 0 amide bonds. The second-order valence-electron chi connectivity index (χ2n) is 24.7. The molecule has 0 bridgehead atoms. The average Bonchev–Trinajstić information content (AvgIpc) is 0.808. The number of methoxy groups -OCH3 is 1. The van der Waals surface area contributed by atoms with Crippen molar-refractivity contribution in [1.82, 2.24) is 58.1 Å². The van der Waals surface area contributed by atoms with Crippen LogP contribution in [0.5, 0.6) is 0 Å². The first-order chi connectivity index (χ1) is 47.4. The van der Waals surface area contributed by atoms with Crippen molar-refractivity contribution in [1.29, 1.82) is 0 Å². The topological polar surface area (TPSA) is 200 Å². The van der Waals surface area contributed by atoms with Crippen molar-refractivity contribution in [3.05, 3.63) is 280 Å². The zero-order valence-corrected chi connectivity index (χ0v) is 54.4. The SMILES string of the molecule is CC1CCCc2nc3cc(C#Cc4ccccn4)ccc3c(=O)n21.CC1CCc2nc3cc(C#Cc4ccccn4)ccc3c(=O)n2C1.CC1CCn2c(nc3cc(C#Cc4ccccn4)ccc3c2=O)C1.COC1CCc2nc3cc(C#Cc4ccccn4)ccc3c(=O)n2C1. The Morgan fingerprint density at radius 3 is 1.23 bits per heavy atom. The van der Waals surface area contributed by atoms with Crippen LogP contribution in [-0.4, -0.2) is 71.4 Å². The van der Waals surface area contributed by atoms with Gasteiger partial charge in [0.2, 0.25) is 0 Å². The lowest BCUT2D eigenvalue weighted by Crippen LogP contribution is -2.35.